The number of anilines is 3. The fourth-order valence-electron chi connectivity index (χ4n) is 2.06. The number of nitrogens with two attached hydrogens (primary N) is 1. The van der Waals surface area contributed by atoms with Crippen molar-refractivity contribution in [2.24, 2.45) is 0 Å². The van der Waals surface area contributed by atoms with E-state index in [0.29, 0.717) is 11.4 Å². The Bertz CT molecular complexity index is 680. The summed E-state index contributed by atoms with van der Waals surface area (Å²) in [6, 6.07) is 7.14. The van der Waals surface area contributed by atoms with Crippen molar-refractivity contribution in [1.82, 2.24) is 14.8 Å². The van der Waals surface area contributed by atoms with E-state index in [-0.39, 0.29) is 30.9 Å². The first-order valence-corrected chi connectivity index (χ1v) is 5.97. The molecule has 2 aromatic rings. The summed E-state index contributed by atoms with van der Waals surface area (Å²) in [5.41, 5.74) is 6.69. The zero-order valence-electron chi connectivity index (χ0n) is 10.5. The van der Waals surface area contributed by atoms with Gasteiger partial charge in [0, 0.05) is 0 Å². The molecule has 3 rings (SSSR count). The van der Waals surface area contributed by atoms with E-state index in [0.717, 1.165) is 0 Å². The Morgan fingerprint density at radius 2 is 2.20 bits per heavy atom. The van der Waals surface area contributed by atoms with Crippen LogP contribution in [-0.4, -0.2) is 33.1 Å². The van der Waals surface area contributed by atoms with Crippen LogP contribution in [0.5, 0.6) is 0 Å². The van der Waals surface area contributed by atoms with Crippen molar-refractivity contribution in [1.29, 1.82) is 0 Å². The Hall–Kier alpha value is -2.90. The van der Waals surface area contributed by atoms with E-state index in [4.69, 9.17) is 5.73 Å². The van der Waals surface area contributed by atoms with Crippen LogP contribution in [0.2, 0.25) is 0 Å². The number of nitrogen functional groups attached to an aromatic ring is 1. The molecule has 0 atom stereocenters. The average Bonchev–Trinajstić information content (AvgIpc) is 2.83. The molecule has 0 aliphatic carbocycles. The first kappa shape index (κ1) is 12.2. The molecule has 2 amide bonds. The first-order valence-electron chi connectivity index (χ1n) is 5.97. The number of carbonyl (C=O) groups is 2. The second kappa shape index (κ2) is 4.65. The quantitative estimate of drug-likeness (QED) is 0.790. The first-order chi connectivity index (χ1) is 9.63. The van der Waals surface area contributed by atoms with Gasteiger partial charge in [0.05, 0.1) is 11.4 Å². The van der Waals surface area contributed by atoms with E-state index in [1.165, 1.54) is 15.9 Å². The number of fused-ring (bicyclic) bond motifs is 1. The number of carbonyl (C=O) groups excluding carboxylic acids is 2. The summed E-state index contributed by atoms with van der Waals surface area (Å²) in [6.45, 7) is -0.0359. The molecule has 2 heterocycles. The second-order valence-corrected chi connectivity index (χ2v) is 4.35. The Morgan fingerprint density at radius 3 is 2.95 bits per heavy atom. The average molecular weight is 272 g/mol. The molecule has 20 heavy (non-hydrogen) atoms. The SMILES string of the molecule is Nc1ncn(CC(=O)N2CC(=O)Nc3ccccc32)n1. The molecule has 0 unspecified atom stereocenters. The number of amides is 2. The molecule has 0 radical (unpaired) electrons. The van der Waals surface area contributed by atoms with Crippen molar-refractivity contribution in [2.45, 2.75) is 6.54 Å². The van der Waals surface area contributed by atoms with Gasteiger partial charge in [-0.1, -0.05) is 12.1 Å². The molecule has 0 fully saturated rings. The molecule has 1 aromatic heterocycles. The predicted molar refractivity (Wildman–Crippen MR) is 71.9 cm³/mol. The number of para-hydroxylation sites is 2. The molecular weight excluding hydrogens is 260 g/mol. The highest BCUT2D eigenvalue weighted by molar-refractivity contribution is 6.09. The smallest absolute Gasteiger partial charge is 0.249 e. The van der Waals surface area contributed by atoms with E-state index in [9.17, 15) is 9.59 Å². The highest BCUT2D eigenvalue weighted by atomic mass is 16.2. The Balaban J connectivity index is 1.86. The lowest BCUT2D eigenvalue weighted by molar-refractivity contribution is -0.122. The standard InChI is InChI=1S/C12H12N6O2/c13-12-14-7-17(16-12)6-11(20)18-5-10(19)15-8-3-1-2-4-9(8)18/h1-4,7H,5-6H2,(H2,13,16)(H,15,19). The highest BCUT2D eigenvalue weighted by Crippen LogP contribution is 2.28. The summed E-state index contributed by atoms with van der Waals surface area (Å²) in [7, 11) is 0. The summed E-state index contributed by atoms with van der Waals surface area (Å²) >= 11 is 0. The van der Waals surface area contributed by atoms with Crippen LogP contribution in [0.15, 0.2) is 30.6 Å². The lowest BCUT2D eigenvalue weighted by Crippen LogP contribution is -2.43. The summed E-state index contributed by atoms with van der Waals surface area (Å²) in [5, 5.41) is 6.58. The Labute approximate surface area is 114 Å². The predicted octanol–water partition coefficient (Wildman–Crippen LogP) is -0.154. The van der Waals surface area contributed by atoms with Crippen molar-refractivity contribution in [2.75, 3.05) is 22.5 Å². The van der Waals surface area contributed by atoms with Gasteiger partial charge in [-0.25, -0.2) is 9.67 Å². The molecule has 0 saturated carbocycles. The van der Waals surface area contributed by atoms with Crippen LogP contribution < -0.4 is 16.0 Å². The Kier molecular flexibility index (Phi) is 2.82. The minimum atomic E-state index is -0.253. The van der Waals surface area contributed by atoms with Crippen LogP contribution in [0.25, 0.3) is 0 Å². The van der Waals surface area contributed by atoms with Gasteiger partial charge in [-0.3, -0.25) is 14.5 Å². The molecular formula is C12H12N6O2. The molecule has 0 bridgehead atoms. The maximum Gasteiger partial charge on any atom is 0.249 e. The van der Waals surface area contributed by atoms with Crippen molar-refractivity contribution < 1.29 is 9.59 Å². The number of nitrogens with one attached hydrogen (secondary N) is 1. The van der Waals surface area contributed by atoms with Gasteiger partial charge < -0.3 is 11.1 Å². The van der Waals surface area contributed by atoms with Gasteiger partial charge in [0.1, 0.15) is 19.4 Å². The van der Waals surface area contributed by atoms with E-state index in [2.05, 4.69) is 15.4 Å². The van der Waals surface area contributed by atoms with Crippen molar-refractivity contribution in [3.63, 3.8) is 0 Å². The second-order valence-electron chi connectivity index (χ2n) is 4.35. The normalized spacial score (nSPS) is 13.8. The van der Waals surface area contributed by atoms with Crippen molar-refractivity contribution in [3.05, 3.63) is 30.6 Å². The van der Waals surface area contributed by atoms with Crippen LogP contribution in [0, 0.1) is 0 Å². The van der Waals surface area contributed by atoms with Gasteiger partial charge in [-0.15, -0.1) is 5.10 Å². The zero-order valence-corrected chi connectivity index (χ0v) is 10.5. The number of benzene rings is 1. The van der Waals surface area contributed by atoms with E-state index >= 15 is 0 Å². The largest absolute Gasteiger partial charge is 0.367 e. The van der Waals surface area contributed by atoms with Gasteiger partial charge in [-0.05, 0) is 12.1 Å². The molecule has 0 saturated heterocycles. The van der Waals surface area contributed by atoms with Crippen molar-refractivity contribution >= 4 is 29.1 Å². The summed E-state index contributed by atoms with van der Waals surface area (Å²) in [5.74, 6) is -0.373. The highest BCUT2D eigenvalue weighted by Gasteiger charge is 2.26. The molecule has 8 nitrogen and oxygen atoms in total. The van der Waals surface area contributed by atoms with E-state index < -0.39 is 0 Å². The third-order valence-electron chi connectivity index (χ3n) is 2.92. The fourth-order valence-corrected chi connectivity index (χ4v) is 2.06. The van der Waals surface area contributed by atoms with E-state index in [1.54, 1.807) is 18.2 Å². The van der Waals surface area contributed by atoms with Gasteiger partial charge in [0.15, 0.2) is 0 Å². The van der Waals surface area contributed by atoms with Gasteiger partial charge in [0.25, 0.3) is 0 Å². The van der Waals surface area contributed by atoms with Crippen LogP contribution >= 0.6 is 0 Å². The number of hydrogen-bond acceptors (Lipinski definition) is 5. The molecule has 1 aliphatic rings. The lowest BCUT2D eigenvalue weighted by Gasteiger charge is -2.29. The molecule has 1 aromatic carbocycles. The fraction of sp³-hybridized carbons (Fsp3) is 0.167. The molecule has 0 spiro atoms. The molecule has 3 N–H and O–H groups in total. The lowest BCUT2D eigenvalue weighted by atomic mass is 10.2. The third kappa shape index (κ3) is 2.18. The summed E-state index contributed by atoms with van der Waals surface area (Å²) < 4.78 is 1.34. The maximum atomic E-state index is 12.3. The van der Waals surface area contributed by atoms with Gasteiger partial charge in [0.2, 0.25) is 17.8 Å². The number of aromatic nitrogens is 3. The monoisotopic (exact) mass is 272 g/mol. The van der Waals surface area contributed by atoms with Gasteiger partial charge in [-0.2, -0.15) is 0 Å². The Morgan fingerprint density at radius 1 is 1.40 bits per heavy atom. The molecule has 1 aliphatic heterocycles. The number of hydrogen-bond donors (Lipinski definition) is 2. The molecule has 102 valence electrons. The maximum absolute atomic E-state index is 12.3. The minimum absolute atomic E-state index is 0.0139. The van der Waals surface area contributed by atoms with Crippen LogP contribution in [0.4, 0.5) is 17.3 Å². The minimum Gasteiger partial charge on any atom is -0.367 e. The number of nitrogens with zero attached hydrogens (tertiary/aromatic N) is 4. The topological polar surface area (TPSA) is 106 Å². The van der Waals surface area contributed by atoms with Gasteiger partial charge >= 0.3 is 0 Å². The molecule has 8 heteroatoms. The van der Waals surface area contributed by atoms with Crippen LogP contribution in [0.1, 0.15) is 0 Å². The van der Waals surface area contributed by atoms with E-state index in [1.807, 2.05) is 6.07 Å². The third-order valence-corrected chi connectivity index (χ3v) is 2.92. The number of rotatable bonds is 2. The summed E-state index contributed by atoms with van der Waals surface area (Å²) in [4.78, 5) is 29.1. The zero-order chi connectivity index (χ0) is 14.1. The summed E-state index contributed by atoms with van der Waals surface area (Å²) in [6.07, 6.45) is 1.38. The van der Waals surface area contributed by atoms with Crippen LogP contribution in [-0.2, 0) is 16.1 Å². The van der Waals surface area contributed by atoms with Crippen LogP contribution in [0.3, 0.4) is 0 Å². The van der Waals surface area contributed by atoms with Crippen molar-refractivity contribution in [3.8, 4) is 0 Å².